The molecule has 0 aromatic carbocycles. The number of carboxylic acids is 1. The SMILES string of the molecule is CCCCCCCCC(CC(CCCC)C(=O)O)N(C)C. The first-order valence-electron chi connectivity index (χ1n) is 8.92. The van der Waals surface area contributed by atoms with E-state index in [0.29, 0.717) is 6.04 Å². The van der Waals surface area contributed by atoms with Gasteiger partial charge in [-0.1, -0.05) is 65.2 Å². The largest absolute Gasteiger partial charge is 0.481 e. The van der Waals surface area contributed by atoms with E-state index in [1.165, 1.54) is 38.5 Å². The third-order valence-electron chi connectivity index (χ3n) is 4.43. The molecule has 2 atom stereocenters. The highest BCUT2D eigenvalue weighted by Gasteiger charge is 2.23. The van der Waals surface area contributed by atoms with Crippen molar-refractivity contribution in [3.8, 4) is 0 Å². The van der Waals surface area contributed by atoms with Crippen LogP contribution in [0.15, 0.2) is 0 Å². The Morgan fingerprint density at radius 2 is 1.48 bits per heavy atom. The molecule has 0 aliphatic heterocycles. The van der Waals surface area contributed by atoms with E-state index in [4.69, 9.17) is 0 Å². The molecule has 0 fully saturated rings. The van der Waals surface area contributed by atoms with Gasteiger partial charge in [0.2, 0.25) is 0 Å². The lowest BCUT2D eigenvalue weighted by Gasteiger charge is -2.27. The molecule has 0 radical (unpaired) electrons. The number of unbranched alkanes of at least 4 members (excludes halogenated alkanes) is 6. The quantitative estimate of drug-likeness (QED) is 0.461. The van der Waals surface area contributed by atoms with Crippen LogP contribution in [0, 0.1) is 5.92 Å². The van der Waals surface area contributed by atoms with Crippen LogP contribution in [0.4, 0.5) is 0 Å². The summed E-state index contributed by atoms with van der Waals surface area (Å²) >= 11 is 0. The fourth-order valence-corrected chi connectivity index (χ4v) is 2.87. The smallest absolute Gasteiger partial charge is 0.306 e. The molecule has 0 saturated carbocycles. The Balaban J connectivity index is 4.11. The first kappa shape index (κ1) is 20.4. The predicted molar refractivity (Wildman–Crippen MR) is 90.7 cm³/mol. The zero-order valence-electron chi connectivity index (χ0n) is 14.7. The number of rotatable bonds is 14. The molecule has 3 nitrogen and oxygen atoms in total. The number of carboxylic acid groups (broad SMARTS) is 1. The second-order valence-corrected chi connectivity index (χ2v) is 6.59. The van der Waals surface area contributed by atoms with Crippen LogP contribution in [-0.2, 0) is 4.79 Å². The average molecular weight is 299 g/mol. The van der Waals surface area contributed by atoms with Crippen LogP contribution in [0.25, 0.3) is 0 Å². The number of aliphatic carboxylic acids is 1. The van der Waals surface area contributed by atoms with Gasteiger partial charge in [-0.25, -0.2) is 0 Å². The number of carbonyl (C=O) groups is 1. The number of hydrogen-bond donors (Lipinski definition) is 1. The molecule has 0 saturated heterocycles. The molecule has 0 aliphatic rings. The van der Waals surface area contributed by atoms with Gasteiger partial charge in [0.05, 0.1) is 5.92 Å². The molecular formula is C18H37NO2. The van der Waals surface area contributed by atoms with Gasteiger partial charge in [-0.3, -0.25) is 4.79 Å². The maximum absolute atomic E-state index is 11.4. The van der Waals surface area contributed by atoms with E-state index < -0.39 is 5.97 Å². The molecule has 0 rings (SSSR count). The van der Waals surface area contributed by atoms with E-state index in [1.807, 2.05) is 0 Å². The lowest BCUT2D eigenvalue weighted by molar-refractivity contribution is -0.142. The minimum Gasteiger partial charge on any atom is -0.481 e. The van der Waals surface area contributed by atoms with E-state index >= 15 is 0 Å². The second kappa shape index (κ2) is 13.1. The molecule has 0 bridgehead atoms. The predicted octanol–water partition coefficient (Wildman–Crippen LogP) is 4.95. The second-order valence-electron chi connectivity index (χ2n) is 6.59. The highest BCUT2D eigenvalue weighted by atomic mass is 16.4. The molecule has 21 heavy (non-hydrogen) atoms. The summed E-state index contributed by atoms with van der Waals surface area (Å²) in [6, 6.07) is 0.411. The molecule has 1 N–H and O–H groups in total. The topological polar surface area (TPSA) is 40.5 Å². The van der Waals surface area contributed by atoms with Crippen LogP contribution >= 0.6 is 0 Å². The molecule has 0 aliphatic carbocycles. The van der Waals surface area contributed by atoms with Crippen LogP contribution in [-0.4, -0.2) is 36.1 Å². The van der Waals surface area contributed by atoms with E-state index in [-0.39, 0.29) is 5.92 Å². The number of hydrogen-bond acceptors (Lipinski definition) is 2. The van der Waals surface area contributed by atoms with Gasteiger partial charge >= 0.3 is 5.97 Å². The van der Waals surface area contributed by atoms with Crippen molar-refractivity contribution in [2.24, 2.45) is 5.92 Å². The minimum absolute atomic E-state index is 0.169. The van der Waals surface area contributed by atoms with Crippen molar-refractivity contribution in [2.45, 2.75) is 90.5 Å². The Hall–Kier alpha value is -0.570. The van der Waals surface area contributed by atoms with Crippen molar-refractivity contribution in [3.63, 3.8) is 0 Å². The maximum atomic E-state index is 11.4. The van der Waals surface area contributed by atoms with Crippen molar-refractivity contribution in [3.05, 3.63) is 0 Å². The lowest BCUT2D eigenvalue weighted by atomic mass is 9.91. The highest BCUT2D eigenvalue weighted by molar-refractivity contribution is 5.69. The Labute approximate surface area is 132 Å². The van der Waals surface area contributed by atoms with Crippen LogP contribution in [0.5, 0.6) is 0 Å². The summed E-state index contributed by atoms with van der Waals surface area (Å²) in [5, 5.41) is 9.38. The summed E-state index contributed by atoms with van der Waals surface area (Å²) in [5.41, 5.74) is 0. The molecule has 0 spiro atoms. The van der Waals surface area contributed by atoms with Crippen molar-refractivity contribution < 1.29 is 9.90 Å². The Kier molecular flexibility index (Phi) is 12.8. The van der Waals surface area contributed by atoms with Gasteiger partial charge in [-0.15, -0.1) is 0 Å². The fraction of sp³-hybridized carbons (Fsp3) is 0.944. The van der Waals surface area contributed by atoms with Gasteiger partial charge in [-0.05, 0) is 33.4 Å². The summed E-state index contributed by atoms with van der Waals surface area (Å²) < 4.78 is 0. The molecule has 0 aromatic heterocycles. The molecular weight excluding hydrogens is 262 g/mol. The van der Waals surface area contributed by atoms with E-state index in [2.05, 4.69) is 32.8 Å². The zero-order chi connectivity index (χ0) is 16.1. The highest BCUT2D eigenvalue weighted by Crippen LogP contribution is 2.21. The standard InChI is InChI=1S/C18H37NO2/c1-5-7-9-10-11-12-14-17(19(3)4)15-16(18(20)21)13-8-6-2/h16-17H,5-15H2,1-4H3,(H,20,21). The van der Waals surface area contributed by atoms with Crippen molar-refractivity contribution >= 4 is 5.97 Å². The monoisotopic (exact) mass is 299 g/mol. The minimum atomic E-state index is -0.613. The third-order valence-corrected chi connectivity index (χ3v) is 4.43. The van der Waals surface area contributed by atoms with E-state index in [9.17, 15) is 9.90 Å². The van der Waals surface area contributed by atoms with Crippen LogP contribution < -0.4 is 0 Å². The van der Waals surface area contributed by atoms with Gasteiger partial charge in [0.1, 0.15) is 0 Å². The van der Waals surface area contributed by atoms with Crippen LogP contribution in [0.1, 0.15) is 84.5 Å². The average Bonchev–Trinajstić information content (AvgIpc) is 2.44. The van der Waals surface area contributed by atoms with Crippen molar-refractivity contribution in [1.82, 2.24) is 4.90 Å². The lowest BCUT2D eigenvalue weighted by Crippen LogP contribution is -2.32. The summed E-state index contributed by atoms with van der Waals surface area (Å²) in [6.07, 6.45) is 12.7. The van der Waals surface area contributed by atoms with Crippen LogP contribution in [0.3, 0.4) is 0 Å². The van der Waals surface area contributed by atoms with Gasteiger partial charge < -0.3 is 10.0 Å². The van der Waals surface area contributed by atoms with E-state index in [0.717, 1.165) is 32.1 Å². The maximum Gasteiger partial charge on any atom is 0.306 e. The third kappa shape index (κ3) is 10.8. The summed E-state index contributed by atoms with van der Waals surface area (Å²) in [5.74, 6) is -0.782. The molecule has 0 heterocycles. The summed E-state index contributed by atoms with van der Waals surface area (Å²) in [6.45, 7) is 4.36. The first-order valence-corrected chi connectivity index (χ1v) is 8.92. The Morgan fingerprint density at radius 3 is 2.00 bits per heavy atom. The van der Waals surface area contributed by atoms with Crippen molar-refractivity contribution in [1.29, 1.82) is 0 Å². The van der Waals surface area contributed by atoms with Gasteiger partial charge in [0.15, 0.2) is 0 Å². The van der Waals surface area contributed by atoms with Gasteiger partial charge in [0, 0.05) is 6.04 Å². The molecule has 0 amide bonds. The summed E-state index contributed by atoms with van der Waals surface area (Å²) in [7, 11) is 4.17. The molecule has 0 aromatic rings. The Morgan fingerprint density at radius 1 is 0.905 bits per heavy atom. The first-order chi connectivity index (χ1) is 10.0. The fourth-order valence-electron chi connectivity index (χ4n) is 2.87. The Bertz CT molecular complexity index is 254. The van der Waals surface area contributed by atoms with Crippen molar-refractivity contribution in [2.75, 3.05) is 14.1 Å². The zero-order valence-corrected chi connectivity index (χ0v) is 14.7. The number of nitrogens with zero attached hydrogens (tertiary/aromatic N) is 1. The normalized spacial score (nSPS) is 14.3. The summed E-state index contributed by atoms with van der Waals surface area (Å²) in [4.78, 5) is 13.6. The van der Waals surface area contributed by atoms with E-state index in [1.54, 1.807) is 0 Å². The molecule has 126 valence electrons. The van der Waals surface area contributed by atoms with Gasteiger partial charge in [-0.2, -0.15) is 0 Å². The molecule has 3 heteroatoms. The van der Waals surface area contributed by atoms with Crippen LogP contribution in [0.2, 0.25) is 0 Å². The van der Waals surface area contributed by atoms with Gasteiger partial charge in [0.25, 0.3) is 0 Å². The molecule has 2 unspecified atom stereocenters.